The normalized spacial score (nSPS) is 10.8. The Morgan fingerprint density at radius 1 is 1.45 bits per heavy atom. The monoisotopic (exact) mass is 272 g/mol. The maximum absolute atomic E-state index is 12.1. The summed E-state index contributed by atoms with van der Waals surface area (Å²) >= 11 is 0. The van der Waals surface area contributed by atoms with Gasteiger partial charge in [-0.2, -0.15) is 10.1 Å². The summed E-state index contributed by atoms with van der Waals surface area (Å²) in [5.74, 6) is 0.197. The number of carbonyl (C=O) groups is 1. The van der Waals surface area contributed by atoms with Crippen molar-refractivity contribution in [3.8, 4) is 0 Å². The van der Waals surface area contributed by atoms with Gasteiger partial charge in [-0.25, -0.2) is 0 Å². The molecule has 2 heterocycles. The molecule has 0 unspecified atom stereocenters. The van der Waals surface area contributed by atoms with E-state index in [1.54, 1.807) is 18.2 Å². The van der Waals surface area contributed by atoms with Crippen molar-refractivity contribution in [3.63, 3.8) is 0 Å². The van der Waals surface area contributed by atoms with E-state index in [1.807, 2.05) is 0 Å². The van der Waals surface area contributed by atoms with Crippen molar-refractivity contribution < 1.29 is 9.32 Å². The van der Waals surface area contributed by atoms with Crippen molar-refractivity contribution in [3.05, 3.63) is 36.1 Å². The van der Waals surface area contributed by atoms with Gasteiger partial charge in [-0.1, -0.05) is 5.16 Å². The summed E-state index contributed by atoms with van der Waals surface area (Å²) in [5.41, 5.74) is 7.38. The fourth-order valence-corrected chi connectivity index (χ4v) is 1.88. The number of fused-ring (bicyclic) bond motifs is 1. The summed E-state index contributed by atoms with van der Waals surface area (Å²) in [7, 11) is 0. The van der Waals surface area contributed by atoms with E-state index < -0.39 is 0 Å². The Bertz CT molecular complexity index is 734. The van der Waals surface area contributed by atoms with Gasteiger partial charge in [-0.05, 0) is 18.2 Å². The van der Waals surface area contributed by atoms with E-state index >= 15 is 0 Å². The number of benzene rings is 1. The van der Waals surface area contributed by atoms with Crippen LogP contribution in [-0.4, -0.2) is 32.8 Å². The van der Waals surface area contributed by atoms with Gasteiger partial charge in [-0.3, -0.25) is 9.89 Å². The lowest BCUT2D eigenvalue weighted by molar-refractivity contribution is 0.0950. The molecule has 0 radical (unpaired) electrons. The summed E-state index contributed by atoms with van der Waals surface area (Å²) in [6, 6.07) is 5.25. The highest BCUT2D eigenvalue weighted by atomic mass is 16.5. The molecule has 0 fully saturated rings. The molecule has 102 valence electrons. The quantitative estimate of drug-likeness (QED) is 0.594. The minimum absolute atomic E-state index is 0.277. The Labute approximate surface area is 113 Å². The standard InChI is InChI=1S/C12H12N6O2/c13-7-1-2-9-8(5-7)11(18-17-9)12(19)14-4-3-10-15-6-16-20-10/h1-2,5-6H,3-4,13H2,(H,14,19)(H,17,18). The third kappa shape index (κ3) is 2.30. The van der Waals surface area contributed by atoms with Gasteiger partial charge in [0.2, 0.25) is 5.89 Å². The summed E-state index contributed by atoms with van der Waals surface area (Å²) < 4.78 is 4.84. The first kappa shape index (κ1) is 12.2. The van der Waals surface area contributed by atoms with E-state index in [4.69, 9.17) is 10.3 Å². The van der Waals surface area contributed by atoms with Crippen molar-refractivity contribution in [1.29, 1.82) is 0 Å². The first-order valence-corrected chi connectivity index (χ1v) is 6.01. The van der Waals surface area contributed by atoms with Gasteiger partial charge in [0, 0.05) is 24.0 Å². The molecule has 0 aliphatic carbocycles. The number of amides is 1. The molecule has 1 amide bonds. The zero-order chi connectivity index (χ0) is 13.9. The number of carbonyl (C=O) groups excluding carboxylic acids is 1. The average molecular weight is 272 g/mol. The smallest absolute Gasteiger partial charge is 0.272 e. The van der Waals surface area contributed by atoms with Crippen LogP contribution in [0, 0.1) is 0 Å². The van der Waals surface area contributed by atoms with E-state index in [-0.39, 0.29) is 5.91 Å². The predicted octanol–water partition coefficient (Wildman–Crippen LogP) is 0.501. The van der Waals surface area contributed by atoms with Gasteiger partial charge in [-0.15, -0.1) is 0 Å². The van der Waals surface area contributed by atoms with Crippen molar-refractivity contribution in [1.82, 2.24) is 25.7 Å². The highest BCUT2D eigenvalue weighted by Gasteiger charge is 2.14. The largest absolute Gasteiger partial charge is 0.399 e. The number of nitrogens with two attached hydrogens (primary N) is 1. The third-order valence-corrected chi connectivity index (χ3v) is 2.83. The molecule has 0 saturated carbocycles. The molecule has 1 aromatic carbocycles. The molecule has 0 aliphatic heterocycles. The minimum Gasteiger partial charge on any atom is -0.399 e. The lowest BCUT2D eigenvalue weighted by Crippen LogP contribution is -2.26. The van der Waals surface area contributed by atoms with Crippen LogP contribution in [-0.2, 0) is 6.42 Å². The fraction of sp³-hybridized carbons (Fsp3) is 0.167. The van der Waals surface area contributed by atoms with Crippen molar-refractivity contribution in [2.75, 3.05) is 12.3 Å². The Balaban J connectivity index is 1.70. The van der Waals surface area contributed by atoms with Crippen LogP contribution in [0.25, 0.3) is 10.9 Å². The molecule has 0 spiro atoms. The lowest BCUT2D eigenvalue weighted by Gasteiger charge is -2.01. The maximum Gasteiger partial charge on any atom is 0.272 e. The number of rotatable bonds is 4. The number of anilines is 1. The lowest BCUT2D eigenvalue weighted by atomic mass is 10.2. The molecule has 0 saturated heterocycles. The molecule has 8 nitrogen and oxygen atoms in total. The predicted molar refractivity (Wildman–Crippen MR) is 70.8 cm³/mol. The van der Waals surface area contributed by atoms with Crippen LogP contribution in [0.15, 0.2) is 29.0 Å². The Morgan fingerprint density at radius 3 is 3.15 bits per heavy atom. The number of hydrogen-bond donors (Lipinski definition) is 3. The second-order valence-corrected chi connectivity index (χ2v) is 4.22. The Morgan fingerprint density at radius 2 is 2.35 bits per heavy atom. The maximum atomic E-state index is 12.1. The van der Waals surface area contributed by atoms with E-state index in [0.29, 0.717) is 35.6 Å². The van der Waals surface area contributed by atoms with Gasteiger partial charge in [0.1, 0.15) is 0 Å². The summed E-state index contributed by atoms with van der Waals surface area (Å²) in [4.78, 5) is 15.9. The SMILES string of the molecule is Nc1ccc2[nH]nc(C(=O)NCCc3ncno3)c2c1. The van der Waals surface area contributed by atoms with Gasteiger partial charge < -0.3 is 15.6 Å². The second-order valence-electron chi connectivity index (χ2n) is 4.22. The number of nitrogens with zero attached hydrogens (tertiary/aromatic N) is 3. The van der Waals surface area contributed by atoms with Gasteiger partial charge in [0.25, 0.3) is 5.91 Å². The van der Waals surface area contributed by atoms with Crippen LogP contribution in [0.2, 0.25) is 0 Å². The molecule has 20 heavy (non-hydrogen) atoms. The number of nitrogens with one attached hydrogen (secondary N) is 2. The Hall–Kier alpha value is -2.90. The molecule has 8 heteroatoms. The Kier molecular flexibility index (Phi) is 3.04. The van der Waals surface area contributed by atoms with E-state index in [0.717, 1.165) is 5.52 Å². The van der Waals surface area contributed by atoms with Crippen molar-refractivity contribution in [2.45, 2.75) is 6.42 Å². The topological polar surface area (TPSA) is 123 Å². The first-order chi connectivity index (χ1) is 9.74. The van der Waals surface area contributed by atoms with Gasteiger partial charge >= 0.3 is 0 Å². The summed E-state index contributed by atoms with van der Waals surface area (Å²) in [6.07, 6.45) is 1.79. The molecule has 0 bridgehead atoms. The van der Waals surface area contributed by atoms with Crippen LogP contribution in [0.5, 0.6) is 0 Å². The van der Waals surface area contributed by atoms with Crippen molar-refractivity contribution >= 4 is 22.5 Å². The van der Waals surface area contributed by atoms with Crippen LogP contribution in [0.3, 0.4) is 0 Å². The number of H-pyrrole nitrogens is 1. The van der Waals surface area contributed by atoms with Gasteiger partial charge in [0.15, 0.2) is 12.0 Å². The van der Waals surface area contributed by atoms with Crippen LogP contribution < -0.4 is 11.1 Å². The molecule has 3 rings (SSSR count). The average Bonchev–Trinajstić information content (AvgIpc) is 3.07. The molecule has 0 atom stereocenters. The number of nitrogen functional groups attached to an aromatic ring is 1. The molecule has 4 N–H and O–H groups in total. The van der Waals surface area contributed by atoms with Crippen LogP contribution >= 0.6 is 0 Å². The zero-order valence-corrected chi connectivity index (χ0v) is 10.5. The van der Waals surface area contributed by atoms with E-state index in [1.165, 1.54) is 6.33 Å². The second kappa shape index (κ2) is 5.00. The number of aromatic amines is 1. The molecule has 2 aromatic heterocycles. The number of hydrogen-bond acceptors (Lipinski definition) is 6. The fourth-order valence-electron chi connectivity index (χ4n) is 1.88. The van der Waals surface area contributed by atoms with Crippen LogP contribution in [0.4, 0.5) is 5.69 Å². The zero-order valence-electron chi connectivity index (χ0n) is 10.5. The summed E-state index contributed by atoms with van der Waals surface area (Å²) in [6.45, 7) is 0.387. The molecular weight excluding hydrogens is 260 g/mol. The first-order valence-electron chi connectivity index (χ1n) is 6.01. The molecule has 0 aliphatic rings. The highest BCUT2D eigenvalue weighted by molar-refractivity contribution is 6.05. The van der Waals surface area contributed by atoms with E-state index in [9.17, 15) is 4.79 Å². The number of aromatic nitrogens is 4. The molecular formula is C12H12N6O2. The van der Waals surface area contributed by atoms with Crippen molar-refractivity contribution in [2.24, 2.45) is 0 Å². The minimum atomic E-state index is -0.277. The molecule has 3 aromatic rings. The third-order valence-electron chi connectivity index (χ3n) is 2.83. The highest BCUT2D eigenvalue weighted by Crippen LogP contribution is 2.18. The van der Waals surface area contributed by atoms with Gasteiger partial charge in [0.05, 0.1) is 5.52 Å². The summed E-state index contributed by atoms with van der Waals surface area (Å²) in [5, 5.41) is 13.7. The van der Waals surface area contributed by atoms with Crippen LogP contribution in [0.1, 0.15) is 16.4 Å². The van der Waals surface area contributed by atoms with E-state index in [2.05, 4.69) is 25.7 Å².